The Labute approximate surface area is 129 Å². The molecule has 0 aromatic carbocycles. The van der Waals surface area contributed by atoms with Crippen LogP contribution in [-0.4, -0.2) is 25.1 Å². The van der Waals surface area contributed by atoms with Crippen molar-refractivity contribution in [3.05, 3.63) is 18.0 Å². The van der Waals surface area contributed by atoms with Crippen LogP contribution in [0, 0.1) is 0 Å². The van der Waals surface area contributed by atoms with Gasteiger partial charge in [-0.25, -0.2) is 13.1 Å². The number of nitrogens with zero attached hydrogens (tertiary/aromatic N) is 1. The summed E-state index contributed by atoms with van der Waals surface area (Å²) < 4.78 is 29.5. The van der Waals surface area contributed by atoms with Crippen molar-refractivity contribution in [2.45, 2.75) is 77.5 Å². The summed E-state index contributed by atoms with van der Waals surface area (Å²) in [6.45, 7) is 11.5. The minimum absolute atomic E-state index is 0.0396. The monoisotopic (exact) mass is 315 g/mol. The summed E-state index contributed by atoms with van der Waals surface area (Å²) in [6, 6.07) is 2.09. The van der Waals surface area contributed by atoms with E-state index < -0.39 is 10.0 Å². The van der Waals surface area contributed by atoms with Gasteiger partial charge in [-0.1, -0.05) is 27.2 Å². The lowest BCUT2D eigenvalue weighted by Gasteiger charge is -2.12. The Morgan fingerprint density at radius 1 is 1.24 bits per heavy atom. The molecular weight excluding hydrogens is 286 g/mol. The van der Waals surface area contributed by atoms with Gasteiger partial charge in [-0.2, -0.15) is 0 Å². The van der Waals surface area contributed by atoms with Crippen molar-refractivity contribution in [3.8, 4) is 0 Å². The van der Waals surface area contributed by atoms with Gasteiger partial charge in [0, 0.05) is 37.1 Å². The van der Waals surface area contributed by atoms with Gasteiger partial charge in [-0.3, -0.25) is 0 Å². The summed E-state index contributed by atoms with van der Waals surface area (Å²) in [5, 5.41) is 3.33. The zero-order valence-electron chi connectivity index (χ0n) is 13.8. The highest BCUT2D eigenvalue weighted by atomic mass is 32.2. The van der Waals surface area contributed by atoms with E-state index in [1.54, 1.807) is 12.3 Å². The van der Waals surface area contributed by atoms with E-state index in [4.69, 9.17) is 0 Å². The molecule has 1 atom stereocenters. The summed E-state index contributed by atoms with van der Waals surface area (Å²) in [6.07, 6.45) is 3.52. The maximum absolute atomic E-state index is 12.4. The van der Waals surface area contributed by atoms with Crippen molar-refractivity contribution in [1.29, 1.82) is 0 Å². The molecule has 0 fully saturated rings. The van der Waals surface area contributed by atoms with Gasteiger partial charge in [-0.15, -0.1) is 0 Å². The second-order valence-corrected chi connectivity index (χ2v) is 7.51. The molecular formula is C15H29N3O2S. The van der Waals surface area contributed by atoms with E-state index in [2.05, 4.69) is 23.9 Å². The number of rotatable bonds is 9. The van der Waals surface area contributed by atoms with Crippen LogP contribution in [0.3, 0.4) is 0 Å². The predicted octanol–water partition coefficient (Wildman–Crippen LogP) is 2.47. The Morgan fingerprint density at radius 2 is 1.90 bits per heavy atom. The van der Waals surface area contributed by atoms with Gasteiger partial charge in [0.25, 0.3) is 0 Å². The maximum Gasteiger partial charge on any atom is 0.242 e. The second-order valence-electron chi connectivity index (χ2n) is 5.80. The molecule has 0 aliphatic heterocycles. The first-order valence-corrected chi connectivity index (χ1v) is 9.23. The first-order valence-electron chi connectivity index (χ1n) is 7.74. The number of nitrogens with one attached hydrogen (secondary N) is 2. The normalized spacial score (nSPS) is 13.8. The van der Waals surface area contributed by atoms with Crippen LogP contribution in [0.1, 0.15) is 53.2 Å². The highest BCUT2D eigenvalue weighted by Crippen LogP contribution is 2.16. The van der Waals surface area contributed by atoms with E-state index in [9.17, 15) is 8.42 Å². The van der Waals surface area contributed by atoms with Crippen LogP contribution in [0.2, 0.25) is 0 Å². The fraction of sp³-hybridized carbons (Fsp3) is 0.733. The van der Waals surface area contributed by atoms with Crippen molar-refractivity contribution < 1.29 is 8.42 Å². The molecule has 5 nitrogen and oxygen atoms in total. The van der Waals surface area contributed by atoms with Crippen LogP contribution in [-0.2, 0) is 23.1 Å². The van der Waals surface area contributed by atoms with Gasteiger partial charge < -0.3 is 9.88 Å². The van der Waals surface area contributed by atoms with E-state index in [0.29, 0.717) is 17.5 Å². The van der Waals surface area contributed by atoms with E-state index >= 15 is 0 Å². The molecule has 1 unspecified atom stereocenters. The molecule has 1 rings (SSSR count). The van der Waals surface area contributed by atoms with Crippen LogP contribution >= 0.6 is 0 Å². The van der Waals surface area contributed by atoms with Gasteiger partial charge in [0.05, 0.1) is 4.90 Å². The largest absolute Gasteiger partial charge is 0.349 e. The third kappa shape index (κ3) is 5.45. The quantitative estimate of drug-likeness (QED) is 0.736. The highest BCUT2D eigenvalue weighted by Gasteiger charge is 2.20. The fourth-order valence-corrected chi connectivity index (χ4v) is 3.59. The van der Waals surface area contributed by atoms with E-state index in [-0.39, 0.29) is 6.04 Å². The van der Waals surface area contributed by atoms with Gasteiger partial charge >= 0.3 is 0 Å². The second kappa shape index (κ2) is 7.96. The summed E-state index contributed by atoms with van der Waals surface area (Å²) in [5.41, 5.74) is 0.995. The molecule has 0 spiro atoms. The minimum Gasteiger partial charge on any atom is -0.349 e. The SMILES string of the molecule is CCCC(C)NS(=O)(=O)c1cc(CNC(C)C)n(CC)c1. The molecule has 1 heterocycles. The van der Waals surface area contributed by atoms with Crippen LogP contribution < -0.4 is 10.0 Å². The molecule has 21 heavy (non-hydrogen) atoms. The topological polar surface area (TPSA) is 63.1 Å². The lowest BCUT2D eigenvalue weighted by molar-refractivity contribution is 0.543. The molecule has 0 aliphatic carbocycles. The number of hydrogen-bond acceptors (Lipinski definition) is 3. The van der Waals surface area contributed by atoms with Gasteiger partial charge in [0.15, 0.2) is 0 Å². The molecule has 6 heteroatoms. The van der Waals surface area contributed by atoms with E-state index in [1.807, 2.05) is 25.3 Å². The molecule has 2 N–H and O–H groups in total. The van der Waals surface area contributed by atoms with Crippen LogP contribution in [0.15, 0.2) is 17.2 Å². The number of aromatic nitrogens is 1. The lowest BCUT2D eigenvalue weighted by Crippen LogP contribution is -2.32. The number of aryl methyl sites for hydroxylation is 1. The van der Waals surface area contributed by atoms with Gasteiger partial charge in [-0.05, 0) is 26.3 Å². The first kappa shape index (κ1) is 18.2. The zero-order chi connectivity index (χ0) is 16.0. The fourth-order valence-electron chi connectivity index (χ4n) is 2.25. The van der Waals surface area contributed by atoms with Crippen molar-refractivity contribution in [3.63, 3.8) is 0 Å². The Balaban J connectivity index is 2.92. The van der Waals surface area contributed by atoms with Crippen LogP contribution in [0.4, 0.5) is 0 Å². The maximum atomic E-state index is 12.4. The van der Waals surface area contributed by atoms with Crippen molar-refractivity contribution in [2.24, 2.45) is 0 Å². The smallest absolute Gasteiger partial charge is 0.242 e. The third-order valence-electron chi connectivity index (χ3n) is 3.38. The molecule has 0 aliphatic rings. The Morgan fingerprint density at radius 3 is 2.43 bits per heavy atom. The average molecular weight is 315 g/mol. The molecule has 0 bridgehead atoms. The number of sulfonamides is 1. The van der Waals surface area contributed by atoms with E-state index in [0.717, 1.165) is 25.1 Å². The average Bonchev–Trinajstić information content (AvgIpc) is 2.79. The summed E-state index contributed by atoms with van der Waals surface area (Å²) >= 11 is 0. The molecule has 1 aromatic heterocycles. The highest BCUT2D eigenvalue weighted by molar-refractivity contribution is 7.89. The van der Waals surface area contributed by atoms with Crippen molar-refractivity contribution in [1.82, 2.24) is 14.6 Å². The molecule has 122 valence electrons. The van der Waals surface area contributed by atoms with Crippen LogP contribution in [0.25, 0.3) is 0 Å². The zero-order valence-corrected chi connectivity index (χ0v) is 14.6. The standard InChI is InChI=1S/C15H29N3O2S/c1-6-8-13(5)17-21(19,20)15-9-14(10-16-12(3)4)18(7-2)11-15/h9,11-13,16-17H,6-8,10H2,1-5H3. The van der Waals surface area contributed by atoms with Gasteiger partial charge in [0.1, 0.15) is 0 Å². The molecule has 0 saturated carbocycles. The van der Waals surface area contributed by atoms with E-state index in [1.165, 1.54) is 0 Å². The Hall–Kier alpha value is -0.850. The molecule has 1 aromatic rings. The number of hydrogen-bond donors (Lipinski definition) is 2. The van der Waals surface area contributed by atoms with Crippen LogP contribution in [0.5, 0.6) is 0 Å². The molecule has 0 amide bonds. The Kier molecular flexibility index (Phi) is 6.90. The predicted molar refractivity (Wildman–Crippen MR) is 86.8 cm³/mol. The lowest BCUT2D eigenvalue weighted by atomic mass is 10.2. The minimum atomic E-state index is -3.43. The summed E-state index contributed by atoms with van der Waals surface area (Å²) in [5.74, 6) is 0. The Bertz CT molecular complexity index is 535. The first-order chi connectivity index (χ1) is 9.80. The third-order valence-corrected chi connectivity index (χ3v) is 4.94. The van der Waals surface area contributed by atoms with Crippen molar-refractivity contribution >= 4 is 10.0 Å². The molecule has 0 saturated heterocycles. The summed E-state index contributed by atoms with van der Waals surface area (Å²) in [7, 11) is -3.43. The van der Waals surface area contributed by atoms with Gasteiger partial charge in [0.2, 0.25) is 10.0 Å². The van der Waals surface area contributed by atoms with Crippen molar-refractivity contribution in [2.75, 3.05) is 0 Å². The summed E-state index contributed by atoms with van der Waals surface area (Å²) in [4.78, 5) is 0.354. The molecule has 0 radical (unpaired) electrons.